The molecule has 1 aliphatic rings. The zero-order valence-electron chi connectivity index (χ0n) is 13.0. The van der Waals surface area contributed by atoms with Gasteiger partial charge in [-0.15, -0.1) is 0 Å². The van der Waals surface area contributed by atoms with E-state index in [1.54, 1.807) is 7.11 Å². The number of nitrogens with one attached hydrogen (secondary N) is 1. The molecule has 112 valence electrons. The summed E-state index contributed by atoms with van der Waals surface area (Å²) in [6, 6.07) is 5.12. The molecule has 0 radical (unpaired) electrons. The molecule has 1 fully saturated rings. The highest BCUT2D eigenvalue weighted by Gasteiger charge is 2.30. The topological polar surface area (TPSA) is 37.4 Å². The third kappa shape index (κ3) is 4.18. The largest absolute Gasteiger partial charge is 0.383 e. The summed E-state index contributed by atoms with van der Waals surface area (Å²) < 4.78 is 5.25. The number of rotatable bonds is 9. The van der Waals surface area contributed by atoms with Gasteiger partial charge in [0.1, 0.15) is 5.82 Å². The van der Waals surface area contributed by atoms with Crippen LogP contribution in [0.4, 0.5) is 5.82 Å². The normalized spacial score (nSPS) is 14.6. The van der Waals surface area contributed by atoms with Gasteiger partial charge in [-0.2, -0.15) is 0 Å². The molecule has 0 saturated heterocycles. The van der Waals surface area contributed by atoms with Gasteiger partial charge in [-0.1, -0.05) is 13.3 Å². The lowest BCUT2D eigenvalue weighted by molar-refractivity contribution is 0.204. The average Bonchev–Trinajstić information content (AvgIpc) is 3.24. The molecular weight excluding hydrogens is 250 g/mol. The standard InChI is InChI=1S/C16H27N3O/c1-4-5-14-10-13(12-17-2)11-16(18-14)19(8-9-20-3)15-6-7-15/h10-11,15,17H,4-9,12H2,1-3H3. The van der Waals surface area contributed by atoms with Crippen molar-refractivity contribution in [3.8, 4) is 0 Å². The van der Waals surface area contributed by atoms with Crippen LogP contribution in [0.2, 0.25) is 0 Å². The predicted molar refractivity (Wildman–Crippen MR) is 83.2 cm³/mol. The lowest BCUT2D eigenvalue weighted by atomic mass is 10.1. The van der Waals surface area contributed by atoms with E-state index < -0.39 is 0 Å². The Morgan fingerprint density at radius 3 is 2.80 bits per heavy atom. The summed E-state index contributed by atoms with van der Waals surface area (Å²) in [6.07, 6.45) is 4.75. The van der Waals surface area contributed by atoms with E-state index in [9.17, 15) is 0 Å². The average molecular weight is 277 g/mol. The van der Waals surface area contributed by atoms with Crippen LogP contribution in [-0.4, -0.2) is 38.3 Å². The van der Waals surface area contributed by atoms with Crippen LogP contribution in [0, 0.1) is 0 Å². The van der Waals surface area contributed by atoms with Crippen LogP contribution in [0.1, 0.15) is 37.4 Å². The minimum atomic E-state index is 0.664. The molecule has 0 spiro atoms. The van der Waals surface area contributed by atoms with Crippen molar-refractivity contribution in [1.82, 2.24) is 10.3 Å². The van der Waals surface area contributed by atoms with Crippen LogP contribution in [0.5, 0.6) is 0 Å². The second kappa shape index (κ2) is 7.60. The van der Waals surface area contributed by atoms with Crippen molar-refractivity contribution in [1.29, 1.82) is 0 Å². The Morgan fingerprint density at radius 2 is 2.20 bits per heavy atom. The molecule has 1 aromatic heterocycles. The zero-order chi connectivity index (χ0) is 14.4. The lowest BCUT2D eigenvalue weighted by Gasteiger charge is -2.24. The molecule has 20 heavy (non-hydrogen) atoms. The highest BCUT2D eigenvalue weighted by molar-refractivity contribution is 5.45. The first-order valence-corrected chi connectivity index (χ1v) is 7.68. The Bertz CT molecular complexity index is 394. The number of hydrogen-bond acceptors (Lipinski definition) is 4. The quantitative estimate of drug-likeness (QED) is 0.752. The minimum Gasteiger partial charge on any atom is -0.383 e. The van der Waals surface area contributed by atoms with E-state index in [2.05, 4.69) is 29.3 Å². The first-order valence-electron chi connectivity index (χ1n) is 7.68. The van der Waals surface area contributed by atoms with Crippen LogP contribution >= 0.6 is 0 Å². The number of ether oxygens (including phenoxy) is 1. The number of methoxy groups -OCH3 is 1. The molecule has 0 bridgehead atoms. The van der Waals surface area contributed by atoms with Gasteiger partial charge in [-0.3, -0.25) is 0 Å². The molecule has 4 heteroatoms. The Hall–Kier alpha value is -1.13. The summed E-state index contributed by atoms with van der Waals surface area (Å²) in [5, 5.41) is 3.24. The molecule has 0 aromatic carbocycles. The third-order valence-electron chi connectivity index (χ3n) is 3.63. The fourth-order valence-electron chi connectivity index (χ4n) is 2.53. The molecule has 1 aromatic rings. The van der Waals surface area contributed by atoms with Crippen LogP contribution in [0.25, 0.3) is 0 Å². The van der Waals surface area contributed by atoms with Crippen molar-refractivity contribution >= 4 is 5.82 Å². The van der Waals surface area contributed by atoms with Crippen molar-refractivity contribution < 1.29 is 4.74 Å². The first-order chi connectivity index (χ1) is 9.78. The van der Waals surface area contributed by atoms with Crippen molar-refractivity contribution in [3.63, 3.8) is 0 Å². The zero-order valence-corrected chi connectivity index (χ0v) is 13.0. The molecule has 4 nitrogen and oxygen atoms in total. The van der Waals surface area contributed by atoms with E-state index >= 15 is 0 Å². The number of aryl methyl sites for hydroxylation is 1. The Kier molecular flexibility index (Phi) is 5.80. The Balaban J connectivity index is 2.21. The van der Waals surface area contributed by atoms with Gasteiger partial charge >= 0.3 is 0 Å². The van der Waals surface area contributed by atoms with E-state index in [0.29, 0.717) is 6.04 Å². The minimum absolute atomic E-state index is 0.664. The van der Waals surface area contributed by atoms with Crippen LogP contribution < -0.4 is 10.2 Å². The molecule has 0 aliphatic heterocycles. The molecule has 0 unspecified atom stereocenters. The number of hydrogen-bond donors (Lipinski definition) is 1. The van der Waals surface area contributed by atoms with E-state index in [-0.39, 0.29) is 0 Å². The van der Waals surface area contributed by atoms with Crippen LogP contribution in [0.3, 0.4) is 0 Å². The number of pyridine rings is 1. The molecule has 1 N–H and O–H groups in total. The van der Waals surface area contributed by atoms with Gasteiger partial charge in [0.05, 0.1) is 6.61 Å². The van der Waals surface area contributed by atoms with Crippen LogP contribution in [-0.2, 0) is 17.7 Å². The summed E-state index contributed by atoms with van der Waals surface area (Å²) in [5.41, 5.74) is 2.53. The fraction of sp³-hybridized carbons (Fsp3) is 0.688. The Morgan fingerprint density at radius 1 is 1.40 bits per heavy atom. The molecule has 1 aliphatic carbocycles. The van der Waals surface area contributed by atoms with Gasteiger partial charge < -0.3 is 15.0 Å². The van der Waals surface area contributed by atoms with Crippen molar-refractivity contribution in [3.05, 3.63) is 23.4 Å². The van der Waals surface area contributed by atoms with Crippen LogP contribution in [0.15, 0.2) is 12.1 Å². The van der Waals surface area contributed by atoms with Gasteiger partial charge in [0.15, 0.2) is 0 Å². The smallest absolute Gasteiger partial charge is 0.129 e. The van der Waals surface area contributed by atoms with E-state index in [1.807, 2.05) is 7.05 Å². The van der Waals surface area contributed by atoms with Crippen molar-refractivity contribution in [2.24, 2.45) is 0 Å². The van der Waals surface area contributed by atoms with Gasteiger partial charge in [-0.05, 0) is 44.0 Å². The highest BCUT2D eigenvalue weighted by Crippen LogP contribution is 2.31. The third-order valence-corrected chi connectivity index (χ3v) is 3.63. The second-order valence-corrected chi connectivity index (χ2v) is 5.52. The summed E-state index contributed by atoms with van der Waals surface area (Å²) in [5.74, 6) is 1.13. The second-order valence-electron chi connectivity index (χ2n) is 5.52. The first kappa shape index (κ1) is 15.3. The van der Waals surface area contributed by atoms with Gasteiger partial charge in [-0.25, -0.2) is 4.98 Å². The van der Waals surface area contributed by atoms with Gasteiger partial charge in [0.25, 0.3) is 0 Å². The van der Waals surface area contributed by atoms with E-state index in [4.69, 9.17) is 9.72 Å². The summed E-state index contributed by atoms with van der Waals surface area (Å²) in [7, 11) is 3.75. The maximum atomic E-state index is 5.25. The number of aromatic nitrogens is 1. The monoisotopic (exact) mass is 277 g/mol. The lowest BCUT2D eigenvalue weighted by Crippen LogP contribution is -2.30. The van der Waals surface area contributed by atoms with Crippen molar-refractivity contribution in [2.75, 3.05) is 32.2 Å². The predicted octanol–water partition coefficient (Wildman–Crippen LogP) is 2.37. The SMILES string of the molecule is CCCc1cc(CNC)cc(N(CCOC)C2CC2)n1. The molecule has 0 amide bonds. The fourth-order valence-corrected chi connectivity index (χ4v) is 2.53. The Labute approximate surface area is 122 Å². The maximum Gasteiger partial charge on any atom is 0.129 e. The maximum absolute atomic E-state index is 5.25. The van der Waals surface area contributed by atoms with Crippen molar-refractivity contribution in [2.45, 2.75) is 45.2 Å². The molecular formula is C16H27N3O. The summed E-state index contributed by atoms with van der Waals surface area (Å²) >= 11 is 0. The summed E-state index contributed by atoms with van der Waals surface area (Å²) in [6.45, 7) is 4.80. The molecule has 0 atom stereocenters. The highest BCUT2D eigenvalue weighted by atomic mass is 16.5. The number of anilines is 1. The van der Waals surface area contributed by atoms with E-state index in [0.717, 1.165) is 38.4 Å². The molecule has 1 heterocycles. The molecule has 1 saturated carbocycles. The van der Waals surface area contributed by atoms with E-state index in [1.165, 1.54) is 24.1 Å². The van der Waals surface area contributed by atoms with Gasteiger partial charge in [0.2, 0.25) is 0 Å². The number of nitrogens with zero attached hydrogens (tertiary/aromatic N) is 2. The molecule has 2 rings (SSSR count). The summed E-state index contributed by atoms with van der Waals surface area (Å²) in [4.78, 5) is 7.28. The van der Waals surface area contributed by atoms with Gasteiger partial charge in [0, 0.05) is 31.9 Å².